The Balaban J connectivity index is 1.85. The molecule has 4 rings (SSSR count). The van der Waals surface area contributed by atoms with Gasteiger partial charge in [0, 0.05) is 39.1 Å². The quantitative estimate of drug-likeness (QED) is 0.495. The predicted octanol–water partition coefficient (Wildman–Crippen LogP) is 5.73. The van der Waals surface area contributed by atoms with Crippen molar-refractivity contribution in [2.75, 3.05) is 5.32 Å². The highest BCUT2D eigenvalue weighted by Gasteiger charge is 2.21. The Bertz CT molecular complexity index is 991. The standard InChI is InChI=1S/C21H18ClN3/c1-14-20(17-6-2-3-7-18(17)24-14)21(19-8-4-5-13-23-19)25-16-11-9-15(22)10-12-16/h2-13,21,24-25H,1H3/t21-/m0/s1. The van der Waals surface area contributed by atoms with Crippen molar-refractivity contribution >= 4 is 28.2 Å². The third-order valence-corrected chi connectivity index (χ3v) is 4.62. The topological polar surface area (TPSA) is 40.7 Å². The smallest absolute Gasteiger partial charge is 0.0963 e. The molecule has 0 unspecified atom stereocenters. The fourth-order valence-corrected chi connectivity index (χ4v) is 3.35. The van der Waals surface area contributed by atoms with Crippen LogP contribution < -0.4 is 5.32 Å². The van der Waals surface area contributed by atoms with Crippen molar-refractivity contribution in [2.24, 2.45) is 0 Å². The van der Waals surface area contributed by atoms with E-state index in [-0.39, 0.29) is 6.04 Å². The molecular formula is C21H18ClN3. The summed E-state index contributed by atoms with van der Waals surface area (Å²) >= 11 is 6.02. The Morgan fingerprint density at radius 1 is 0.960 bits per heavy atom. The molecule has 124 valence electrons. The molecule has 3 nitrogen and oxygen atoms in total. The minimum Gasteiger partial charge on any atom is -0.373 e. The molecule has 2 heterocycles. The normalized spacial score (nSPS) is 12.2. The van der Waals surface area contributed by atoms with Gasteiger partial charge in [-0.25, -0.2) is 0 Å². The molecule has 0 aliphatic carbocycles. The summed E-state index contributed by atoms with van der Waals surface area (Å²) in [4.78, 5) is 8.08. The van der Waals surface area contributed by atoms with Gasteiger partial charge in [0.2, 0.25) is 0 Å². The summed E-state index contributed by atoms with van der Waals surface area (Å²) in [6.07, 6.45) is 1.83. The zero-order valence-corrected chi connectivity index (χ0v) is 14.6. The minimum atomic E-state index is -0.0569. The molecule has 0 spiro atoms. The lowest BCUT2D eigenvalue weighted by Gasteiger charge is -2.20. The first kappa shape index (κ1) is 15.7. The van der Waals surface area contributed by atoms with Crippen molar-refractivity contribution in [3.05, 3.63) is 94.9 Å². The van der Waals surface area contributed by atoms with Gasteiger partial charge in [0.15, 0.2) is 0 Å². The molecule has 1 atom stereocenters. The summed E-state index contributed by atoms with van der Waals surface area (Å²) in [5, 5.41) is 5.55. The summed E-state index contributed by atoms with van der Waals surface area (Å²) < 4.78 is 0. The van der Waals surface area contributed by atoms with Crippen LogP contribution in [-0.2, 0) is 0 Å². The molecule has 0 aliphatic heterocycles. The molecule has 2 aromatic heterocycles. The number of para-hydroxylation sites is 1. The monoisotopic (exact) mass is 347 g/mol. The highest BCUT2D eigenvalue weighted by Crippen LogP contribution is 2.33. The minimum absolute atomic E-state index is 0.0569. The molecule has 0 aliphatic rings. The second-order valence-electron chi connectivity index (χ2n) is 6.05. The Kier molecular flexibility index (Phi) is 4.16. The summed E-state index contributed by atoms with van der Waals surface area (Å²) in [5.74, 6) is 0. The highest BCUT2D eigenvalue weighted by atomic mass is 35.5. The maximum Gasteiger partial charge on any atom is 0.0963 e. The Morgan fingerprint density at radius 2 is 1.72 bits per heavy atom. The molecule has 0 saturated carbocycles. The van der Waals surface area contributed by atoms with Crippen LogP contribution in [0.1, 0.15) is 23.0 Å². The third-order valence-electron chi connectivity index (χ3n) is 4.37. The number of aryl methyl sites for hydroxylation is 1. The van der Waals surface area contributed by atoms with E-state index in [1.807, 2.05) is 48.7 Å². The predicted molar refractivity (Wildman–Crippen MR) is 104 cm³/mol. The van der Waals surface area contributed by atoms with Crippen LogP contribution in [-0.4, -0.2) is 9.97 Å². The van der Waals surface area contributed by atoms with Crippen LogP contribution in [0.15, 0.2) is 72.9 Å². The summed E-state index contributed by atoms with van der Waals surface area (Å²) in [5.41, 5.74) is 5.46. The van der Waals surface area contributed by atoms with Gasteiger partial charge in [-0.2, -0.15) is 0 Å². The molecule has 4 aromatic rings. The fourth-order valence-electron chi connectivity index (χ4n) is 3.22. The van der Waals surface area contributed by atoms with Crippen LogP contribution in [0, 0.1) is 6.92 Å². The van der Waals surface area contributed by atoms with E-state index in [0.717, 1.165) is 27.6 Å². The zero-order chi connectivity index (χ0) is 17.2. The van der Waals surface area contributed by atoms with Crippen LogP contribution in [0.2, 0.25) is 5.02 Å². The second kappa shape index (κ2) is 6.61. The van der Waals surface area contributed by atoms with Crippen molar-refractivity contribution in [3.8, 4) is 0 Å². The number of nitrogens with one attached hydrogen (secondary N) is 2. The Morgan fingerprint density at radius 3 is 2.48 bits per heavy atom. The number of anilines is 1. The number of fused-ring (bicyclic) bond motifs is 1. The largest absolute Gasteiger partial charge is 0.373 e. The summed E-state index contributed by atoms with van der Waals surface area (Å²) in [6, 6.07) is 22.1. The molecule has 0 radical (unpaired) electrons. The molecule has 0 amide bonds. The molecule has 25 heavy (non-hydrogen) atoms. The molecule has 0 bridgehead atoms. The van der Waals surface area contributed by atoms with E-state index < -0.39 is 0 Å². The molecule has 2 aromatic carbocycles. The lowest BCUT2D eigenvalue weighted by Crippen LogP contribution is -2.14. The highest BCUT2D eigenvalue weighted by molar-refractivity contribution is 6.30. The van der Waals surface area contributed by atoms with E-state index in [0.29, 0.717) is 0 Å². The number of aromatic nitrogens is 2. The van der Waals surface area contributed by atoms with Crippen LogP contribution in [0.3, 0.4) is 0 Å². The lowest BCUT2D eigenvalue weighted by atomic mass is 9.99. The molecule has 0 fully saturated rings. The molecule has 0 saturated heterocycles. The first-order valence-electron chi connectivity index (χ1n) is 8.22. The van der Waals surface area contributed by atoms with E-state index in [4.69, 9.17) is 11.6 Å². The van der Waals surface area contributed by atoms with Crippen molar-refractivity contribution in [1.82, 2.24) is 9.97 Å². The number of hydrogen-bond donors (Lipinski definition) is 2. The summed E-state index contributed by atoms with van der Waals surface area (Å²) in [6.45, 7) is 2.11. The maximum absolute atomic E-state index is 6.02. The van der Waals surface area contributed by atoms with Crippen LogP contribution in [0.5, 0.6) is 0 Å². The number of rotatable bonds is 4. The van der Waals surface area contributed by atoms with Gasteiger partial charge in [0.25, 0.3) is 0 Å². The van der Waals surface area contributed by atoms with Gasteiger partial charge in [0.05, 0.1) is 11.7 Å². The van der Waals surface area contributed by atoms with Gasteiger partial charge < -0.3 is 10.3 Å². The number of H-pyrrole nitrogens is 1. The van der Waals surface area contributed by atoms with Crippen LogP contribution >= 0.6 is 11.6 Å². The average Bonchev–Trinajstić information content (AvgIpc) is 2.98. The first-order chi connectivity index (χ1) is 12.2. The van der Waals surface area contributed by atoms with Crippen molar-refractivity contribution in [2.45, 2.75) is 13.0 Å². The van der Waals surface area contributed by atoms with Gasteiger partial charge in [-0.3, -0.25) is 4.98 Å². The molecular weight excluding hydrogens is 330 g/mol. The Hall–Kier alpha value is -2.78. The van der Waals surface area contributed by atoms with Crippen molar-refractivity contribution in [1.29, 1.82) is 0 Å². The number of benzene rings is 2. The number of halogens is 1. The number of aromatic amines is 1. The van der Waals surface area contributed by atoms with Gasteiger partial charge in [-0.05, 0) is 49.4 Å². The van der Waals surface area contributed by atoms with Gasteiger partial charge in [0.1, 0.15) is 0 Å². The van der Waals surface area contributed by atoms with E-state index in [9.17, 15) is 0 Å². The second-order valence-corrected chi connectivity index (χ2v) is 6.48. The van der Waals surface area contributed by atoms with Crippen LogP contribution in [0.4, 0.5) is 5.69 Å². The van der Waals surface area contributed by atoms with E-state index in [2.05, 4.69) is 46.5 Å². The third kappa shape index (κ3) is 3.11. The lowest BCUT2D eigenvalue weighted by molar-refractivity contribution is 0.884. The molecule has 4 heteroatoms. The van der Waals surface area contributed by atoms with Crippen molar-refractivity contribution < 1.29 is 0 Å². The molecule has 2 N–H and O–H groups in total. The first-order valence-corrected chi connectivity index (χ1v) is 8.60. The van der Waals surface area contributed by atoms with Crippen LogP contribution in [0.25, 0.3) is 10.9 Å². The van der Waals surface area contributed by atoms with Crippen molar-refractivity contribution in [3.63, 3.8) is 0 Å². The Labute approximate surface area is 151 Å². The average molecular weight is 348 g/mol. The van der Waals surface area contributed by atoms with E-state index >= 15 is 0 Å². The SMILES string of the molecule is Cc1[nH]c2ccccc2c1[C@@H](Nc1ccc(Cl)cc1)c1ccccn1. The van der Waals surface area contributed by atoms with Gasteiger partial charge in [-0.15, -0.1) is 0 Å². The number of pyridine rings is 1. The van der Waals surface area contributed by atoms with Gasteiger partial charge >= 0.3 is 0 Å². The summed E-state index contributed by atoms with van der Waals surface area (Å²) in [7, 11) is 0. The zero-order valence-electron chi connectivity index (χ0n) is 13.8. The van der Waals surface area contributed by atoms with E-state index in [1.54, 1.807) is 0 Å². The van der Waals surface area contributed by atoms with E-state index in [1.165, 1.54) is 10.9 Å². The maximum atomic E-state index is 6.02. The van der Waals surface area contributed by atoms with Gasteiger partial charge in [-0.1, -0.05) is 35.9 Å². The number of hydrogen-bond acceptors (Lipinski definition) is 2. The fraction of sp³-hybridized carbons (Fsp3) is 0.0952. The number of nitrogens with zero attached hydrogens (tertiary/aromatic N) is 1.